The maximum atomic E-state index is 13.1. The van der Waals surface area contributed by atoms with Crippen LogP contribution < -0.4 is 15.7 Å². The van der Waals surface area contributed by atoms with E-state index >= 15 is 0 Å². The van der Waals surface area contributed by atoms with Gasteiger partial charge in [-0.15, -0.1) is 0 Å². The monoisotopic (exact) mass is 501 g/mol. The number of nitrogens with zero attached hydrogens (tertiary/aromatic N) is 2. The highest BCUT2D eigenvalue weighted by atomic mass is 35.5. The molecule has 0 spiro atoms. The summed E-state index contributed by atoms with van der Waals surface area (Å²) >= 11 is 11.9. The largest absolute Gasteiger partial charge is 0.491 e. The molecule has 1 aromatic heterocycles. The summed E-state index contributed by atoms with van der Waals surface area (Å²) in [6.45, 7) is 0.206. The van der Waals surface area contributed by atoms with E-state index in [1.165, 1.54) is 7.05 Å². The summed E-state index contributed by atoms with van der Waals surface area (Å²) in [7, 11) is 2.01. The zero-order valence-electron chi connectivity index (χ0n) is 17.7. The topological polar surface area (TPSA) is 63.6 Å². The van der Waals surface area contributed by atoms with Gasteiger partial charge < -0.3 is 14.7 Å². The van der Waals surface area contributed by atoms with Crippen molar-refractivity contribution < 1.29 is 22.8 Å². The second kappa shape index (κ2) is 10.0. The molecule has 1 amide bonds. The molecule has 0 saturated heterocycles. The van der Waals surface area contributed by atoms with E-state index in [9.17, 15) is 22.8 Å². The van der Waals surface area contributed by atoms with Crippen molar-refractivity contribution in [1.82, 2.24) is 14.9 Å². The molecule has 0 fully saturated rings. The summed E-state index contributed by atoms with van der Waals surface area (Å²) in [6.07, 6.45) is -3.77. The summed E-state index contributed by atoms with van der Waals surface area (Å²) in [4.78, 5) is 30.6. The first kappa shape index (κ1) is 24.9. The van der Waals surface area contributed by atoms with Gasteiger partial charge in [-0.2, -0.15) is 13.2 Å². The van der Waals surface area contributed by atoms with Crippen LogP contribution in [0.3, 0.4) is 0 Å². The predicted molar refractivity (Wildman–Crippen MR) is 121 cm³/mol. The van der Waals surface area contributed by atoms with Crippen LogP contribution in [0, 0.1) is 0 Å². The zero-order chi connectivity index (χ0) is 24.3. The lowest BCUT2D eigenvalue weighted by molar-refractivity contribution is -0.325. The summed E-state index contributed by atoms with van der Waals surface area (Å²) < 4.78 is 40.3. The molecule has 3 aromatic rings. The molecule has 3 rings (SSSR count). The van der Waals surface area contributed by atoms with Gasteiger partial charge in [-0.05, 0) is 41.7 Å². The van der Waals surface area contributed by atoms with Crippen LogP contribution in [0.25, 0.3) is 10.9 Å². The minimum absolute atomic E-state index is 0.206. The molecule has 6 nitrogen and oxygen atoms in total. The second-order valence-electron chi connectivity index (χ2n) is 7.25. The molecular formula is C22H20Cl2F3N3O3. The Balaban J connectivity index is 1.87. The average Bonchev–Trinajstić information content (AvgIpc) is 2.76. The van der Waals surface area contributed by atoms with E-state index in [1.807, 2.05) is 6.07 Å². The van der Waals surface area contributed by atoms with Crippen LogP contribution >= 0.6 is 23.2 Å². The van der Waals surface area contributed by atoms with Gasteiger partial charge in [-0.3, -0.25) is 9.59 Å². The molecule has 0 aliphatic carbocycles. The lowest BCUT2D eigenvalue weighted by Crippen LogP contribution is -2.40. The van der Waals surface area contributed by atoms with Gasteiger partial charge in [-0.1, -0.05) is 47.5 Å². The van der Waals surface area contributed by atoms with E-state index in [1.54, 1.807) is 36.4 Å². The highest BCUT2D eigenvalue weighted by Crippen LogP contribution is 2.28. The number of para-hydroxylation sites is 1. The fourth-order valence-corrected chi connectivity index (χ4v) is 3.57. The molecule has 11 heteroatoms. The molecule has 0 radical (unpaired) electrons. The van der Waals surface area contributed by atoms with Crippen LogP contribution in [0.5, 0.6) is 5.75 Å². The van der Waals surface area contributed by atoms with Crippen LogP contribution in [-0.4, -0.2) is 35.4 Å². The summed E-state index contributed by atoms with van der Waals surface area (Å²) in [5.41, 5.74) is 0.157. The minimum atomic E-state index is -4.87. The molecule has 0 unspecified atom stereocenters. The maximum absolute atomic E-state index is 13.1. The minimum Gasteiger partial charge on any atom is -0.392 e. The van der Waals surface area contributed by atoms with Crippen molar-refractivity contribution in [2.24, 2.45) is 7.05 Å². The Morgan fingerprint density at radius 3 is 2.52 bits per heavy atom. The third-order valence-corrected chi connectivity index (χ3v) is 5.72. The average molecular weight is 502 g/mol. The van der Waals surface area contributed by atoms with Crippen LogP contribution in [0.1, 0.15) is 22.3 Å². The Bertz CT molecular complexity index is 1250. The molecule has 176 valence electrons. The van der Waals surface area contributed by atoms with Crippen molar-refractivity contribution in [1.29, 1.82) is 0 Å². The molecule has 0 aliphatic heterocycles. The van der Waals surface area contributed by atoms with Crippen molar-refractivity contribution in [3.05, 3.63) is 74.0 Å². The Morgan fingerprint density at radius 2 is 1.85 bits per heavy atom. The number of aryl methyl sites for hydroxylation is 2. The first-order valence-electron chi connectivity index (χ1n) is 9.83. The number of hydroxylamine groups is 2. The number of benzene rings is 2. The molecule has 0 aliphatic rings. The Hall–Kier alpha value is -2.75. The Kier molecular flexibility index (Phi) is 7.56. The normalized spacial score (nSPS) is 11.8. The number of carbonyl (C=O) groups excluding carboxylic acids is 1. The standard InChI is InChI=1S/C22H20Cl2F3N3O3/c1-29-17-8-4-3-7-14(17)18(19(21(29)32)33-30(2)22(25,26)27)20(31)28-11-5-6-13-9-10-15(23)16(24)12-13/h3-4,7-10,12H,5-6,11H2,1-2H3,(H,28,31). The highest BCUT2D eigenvalue weighted by Gasteiger charge is 2.38. The van der Waals surface area contributed by atoms with Crippen molar-refractivity contribution in [3.8, 4) is 5.75 Å². The first-order valence-corrected chi connectivity index (χ1v) is 10.6. The number of carbonyl (C=O) groups is 1. The fraction of sp³-hybridized carbons (Fsp3) is 0.273. The van der Waals surface area contributed by atoms with E-state index in [4.69, 9.17) is 28.0 Å². The number of amides is 1. The Labute approximate surface area is 197 Å². The molecule has 0 atom stereocenters. The number of aromatic nitrogens is 1. The number of nitrogens with one attached hydrogen (secondary N) is 1. The Morgan fingerprint density at radius 1 is 1.15 bits per heavy atom. The number of hydrogen-bond acceptors (Lipinski definition) is 4. The van der Waals surface area contributed by atoms with Gasteiger partial charge in [-0.25, -0.2) is 0 Å². The van der Waals surface area contributed by atoms with Gasteiger partial charge in [0.15, 0.2) is 0 Å². The maximum Gasteiger partial charge on any atom is 0.491 e. The quantitative estimate of drug-likeness (QED) is 0.282. The number of alkyl halides is 3. The number of pyridine rings is 1. The van der Waals surface area contributed by atoms with Gasteiger partial charge in [0.05, 0.1) is 21.1 Å². The predicted octanol–water partition coefficient (Wildman–Crippen LogP) is 4.95. The van der Waals surface area contributed by atoms with Crippen LogP contribution in [0.2, 0.25) is 10.0 Å². The van der Waals surface area contributed by atoms with Gasteiger partial charge in [0.2, 0.25) is 5.75 Å². The number of hydrogen-bond donors (Lipinski definition) is 1. The van der Waals surface area contributed by atoms with Crippen molar-refractivity contribution >= 4 is 40.0 Å². The summed E-state index contributed by atoms with van der Waals surface area (Å²) in [6, 6.07) is 11.6. The van der Waals surface area contributed by atoms with Crippen molar-refractivity contribution in [2.45, 2.75) is 19.1 Å². The van der Waals surface area contributed by atoms with Crippen LogP contribution in [0.15, 0.2) is 47.3 Å². The molecule has 0 bridgehead atoms. The summed E-state index contributed by atoms with van der Waals surface area (Å²) in [5.74, 6) is -1.43. The van der Waals surface area contributed by atoms with Gasteiger partial charge in [0, 0.05) is 26.0 Å². The number of halogens is 5. The molecule has 33 heavy (non-hydrogen) atoms. The summed E-state index contributed by atoms with van der Waals surface area (Å²) in [5, 5.41) is 3.38. The van der Waals surface area contributed by atoms with Crippen LogP contribution in [-0.2, 0) is 13.5 Å². The van der Waals surface area contributed by atoms with E-state index < -0.39 is 28.6 Å². The lowest BCUT2D eigenvalue weighted by Gasteiger charge is -2.22. The van der Waals surface area contributed by atoms with Crippen molar-refractivity contribution in [3.63, 3.8) is 0 Å². The second-order valence-corrected chi connectivity index (χ2v) is 8.06. The lowest BCUT2D eigenvalue weighted by atomic mass is 10.1. The zero-order valence-corrected chi connectivity index (χ0v) is 19.2. The van der Waals surface area contributed by atoms with Gasteiger partial charge >= 0.3 is 6.30 Å². The molecule has 2 aromatic carbocycles. The molecule has 0 saturated carbocycles. The first-order chi connectivity index (χ1) is 15.5. The molecule has 1 N–H and O–H groups in total. The number of rotatable bonds is 7. The van der Waals surface area contributed by atoms with Crippen molar-refractivity contribution in [2.75, 3.05) is 13.6 Å². The molecule has 1 heterocycles. The van der Waals surface area contributed by atoms with Gasteiger partial charge in [0.1, 0.15) is 0 Å². The highest BCUT2D eigenvalue weighted by molar-refractivity contribution is 6.42. The number of fused-ring (bicyclic) bond motifs is 1. The van der Waals surface area contributed by atoms with Gasteiger partial charge in [0.25, 0.3) is 11.5 Å². The van der Waals surface area contributed by atoms with E-state index in [-0.39, 0.29) is 17.5 Å². The third kappa shape index (κ3) is 5.61. The molecular weight excluding hydrogens is 482 g/mol. The van der Waals surface area contributed by atoms with E-state index in [0.717, 1.165) is 10.1 Å². The van der Waals surface area contributed by atoms with E-state index in [0.29, 0.717) is 35.5 Å². The smallest absolute Gasteiger partial charge is 0.392 e. The fourth-order valence-electron chi connectivity index (χ4n) is 3.25. The third-order valence-electron chi connectivity index (χ3n) is 4.98. The van der Waals surface area contributed by atoms with E-state index in [2.05, 4.69) is 5.32 Å². The SMILES string of the molecule is CN(Oc1c(C(=O)NCCCc2ccc(Cl)c(Cl)c2)c2ccccc2n(C)c1=O)C(F)(F)F. The van der Waals surface area contributed by atoms with Crippen LogP contribution in [0.4, 0.5) is 13.2 Å².